The maximum Gasteiger partial charge on any atom is 0.0445 e. The molecule has 4 aliphatic carbocycles. The van der Waals surface area contributed by atoms with E-state index < -0.39 is 0 Å². The maximum absolute atomic E-state index is 9.34. The van der Waals surface area contributed by atoms with Gasteiger partial charge in [-0.1, -0.05) is 6.42 Å². The van der Waals surface area contributed by atoms with E-state index in [2.05, 4.69) is 4.90 Å². The van der Waals surface area contributed by atoms with Crippen molar-refractivity contribution in [2.24, 2.45) is 23.2 Å². The predicted molar refractivity (Wildman–Crippen MR) is 81.5 cm³/mol. The van der Waals surface area contributed by atoms with E-state index in [1.165, 1.54) is 51.6 Å². The van der Waals surface area contributed by atoms with Gasteiger partial charge in [-0.15, -0.1) is 0 Å². The van der Waals surface area contributed by atoms with Crippen molar-refractivity contribution in [2.45, 2.75) is 70.3 Å². The average Bonchev–Trinajstić information content (AvgIpc) is 2.39. The maximum atomic E-state index is 9.34. The number of hydrogen-bond acceptors (Lipinski definition) is 2. The molecule has 4 bridgehead atoms. The molecule has 20 heavy (non-hydrogen) atoms. The third-order valence-corrected chi connectivity index (χ3v) is 6.91. The van der Waals surface area contributed by atoms with Gasteiger partial charge in [0.1, 0.15) is 0 Å². The summed E-state index contributed by atoms with van der Waals surface area (Å²) in [6, 6.07) is 0.682. The van der Waals surface area contributed by atoms with E-state index in [1.807, 2.05) is 0 Å². The number of aliphatic hydroxyl groups is 1. The van der Waals surface area contributed by atoms with Crippen LogP contribution in [0.2, 0.25) is 0 Å². The Hall–Kier alpha value is -0.0800. The minimum absolute atomic E-state index is 0.377. The highest BCUT2D eigenvalue weighted by atomic mass is 16.3. The van der Waals surface area contributed by atoms with Crippen molar-refractivity contribution in [1.29, 1.82) is 0 Å². The quantitative estimate of drug-likeness (QED) is 0.851. The summed E-state index contributed by atoms with van der Waals surface area (Å²) in [5.41, 5.74) is 0.680. The normalized spacial score (nSPS) is 47.9. The SMILES string of the molecule is OCCC1CCCCN1CC12CC3CC(CC(C3)C1)C2. The van der Waals surface area contributed by atoms with Crippen molar-refractivity contribution >= 4 is 0 Å². The molecule has 114 valence electrons. The van der Waals surface area contributed by atoms with E-state index in [4.69, 9.17) is 0 Å². The standard InChI is InChI=1S/C18H31NO/c20-6-4-17-3-1-2-5-19(17)13-18-10-14-7-15(11-18)9-16(8-14)12-18/h14-17,20H,1-13H2. The summed E-state index contributed by atoms with van der Waals surface area (Å²) in [6.07, 6.45) is 14.3. The molecule has 2 heteroatoms. The van der Waals surface area contributed by atoms with Crippen LogP contribution in [0.15, 0.2) is 0 Å². The van der Waals surface area contributed by atoms with Gasteiger partial charge in [0.05, 0.1) is 0 Å². The highest BCUT2D eigenvalue weighted by Crippen LogP contribution is 2.60. The Labute approximate surface area is 123 Å². The van der Waals surface area contributed by atoms with Crippen molar-refractivity contribution in [3.05, 3.63) is 0 Å². The molecule has 0 aromatic rings. The predicted octanol–water partition coefficient (Wildman–Crippen LogP) is 3.44. The molecule has 4 saturated carbocycles. The Kier molecular flexibility index (Phi) is 3.58. The van der Waals surface area contributed by atoms with Crippen LogP contribution in [0.3, 0.4) is 0 Å². The average molecular weight is 277 g/mol. The second kappa shape index (κ2) is 5.28. The Morgan fingerprint density at radius 2 is 1.60 bits per heavy atom. The van der Waals surface area contributed by atoms with Crippen molar-refractivity contribution in [3.63, 3.8) is 0 Å². The van der Waals surface area contributed by atoms with Gasteiger partial charge in [-0.25, -0.2) is 0 Å². The zero-order valence-corrected chi connectivity index (χ0v) is 12.9. The lowest BCUT2D eigenvalue weighted by Crippen LogP contribution is -2.54. The summed E-state index contributed by atoms with van der Waals surface area (Å²) >= 11 is 0. The highest BCUT2D eigenvalue weighted by molar-refractivity contribution is 5.03. The van der Waals surface area contributed by atoms with E-state index in [0.717, 1.165) is 24.2 Å². The molecule has 5 fully saturated rings. The first kappa shape index (κ1) is 13.6. The fourth-order valence-electron chi connectivity index (χ4n) is 6.66. The summed E-state index contributed by atoms with van der Waals surface area (Å²) in [4.78, 5) is 2.78. The van der Waals surface area contributed by atoms with Crippen LogP contribution < -0.4 is 0 Å². The van der Waals surface area contributed by atoms with Gasteiger partial charge < -0.3 is 5.11 Å². The highest BCUT2D eigenvalue weighted by Gasteiger charge is 2.51. The van der Waals surface area contributed by atoms with Crippen molar-refractivity contribution < 1.29 is 5.11 Å². The summed E-state index contributed by atoms with van der Waals surface area (Å²) in [5, 5.41) is 9.34. The lowest BCUT2D eigenvalue weighted by Gasteiger charge is -2.58. The van der Waals surface area contributed by atoms with Crippen molar-refractivity contribution in [2.75, 3.05) is 19.7 Å². The van der Waals surface area contributed by atoms with E-state index in [9.17, 15) is 5.11 Å². The fraction of sp³-hybridized carbons (Fsp3) is 1.00. The van der Waals surface area contributed by atoms with Crippen LogP contribution >= 0.6 is 0 Å². The monoisotopic (exact) mass is 277 g/mol. The first-order chi connectivity index (χ1) is 9.76. The van der Waals surface area contributed by atoms with Crippen LogP contribution in [-0.4, -0.2) is 35.7 Å². The van der Waals surface area contributed by atoms with E-state index >= 15 is 0 Å². The molecule has 1 heterocycles. The van der Waals surface area contributed by atoms with Crippen LogP contribution in [0.1, 0.15) is 64.2 Å². The first-order valence-corrected chi connectivity index (χ1v) is 9.11. The molecular formula is C18H31NO. The molecule has 1 saturated heterocycles. The van der Waals surface area contributed by atoms with Crippen LogP contribution in [0.5, 0.6) is 0 Å². The molecule has 0 aromatic carbocycles. The third kappa shape index (κ3) is 2.43. The van der Waals surface area contributed by atoms with Gasteiger partial charge in [0.2, 0.25) is 0 Å². The third-order valence-electron chi connectivity index (χ3n) is 6.91. The largest absolute Gasteiger partial charge is 0.396 e. The van der Waals surface area contributed by atoms with Crippen molar-refractivity contribution in [3.8, 4) is 0 Å². The number of nitrogens with zero attached hydrogens (tertiary/aromatic N) is 1. The topological polar surface area (TPSA) is 23.5 Å². The fourth-order valence-corrected chi connectivity index (χ4v) is 6.66. The van der Waals surface area contributed by atoms with Crippen LogP contribution in [-0.2, 0) is 0 Å². The van der Waals surface area contributed by atoms with Crippen LogP contribution in [0.25, 0.3) is 0 Å². The molecule has 5 aliphatic rings. The van der Waals surface area contributed by atoms with Crippen molar-refractivity contribution in [1.82, 2.24) is 4.90 Å². The molecule has 1 aliphatic heterocycles. The van der Waals surface area contributed by atoms with Crippen LogP contribution in [0, 0.1) is 23.2 Å². The minimum atomic E-state index is 0.377. The summed E-state index contributed by atoms with van der Waals surface area (Å²) in [6.45, 7) is 3.04. The van der Waals surface area contributed by atoms with E-state index in [-0.39, 0.29) is 0 Å². The molecule has 0 radical (unpaired) electrons. The van der Waals surface area contributed by atoms with E-state index in [0.29, 0.717) is 18.1 Å². The Balaban J connectivity index is 1.47. The summed E-state index contributed by atoms with van der Waals surface area (Å²) in [5.74, 6) is 3.21. The Morgan fingerprint density at radius 1 is 0.950 bits per heavy atom. The lowest BCUT2D eigenvalue weighted by atomic mass is 9.49. The Morgan fingerprint density at radius 3 is 2.20 bits per heavy atom. The second-order valence-corrected chi connectivity index (χ2v) is 8.55. The van der Waals surface area contributed by atoms with Gasteiger partial charge in [0.25, 0.3) is 0 Å². The molecule has 1 unspecified atom stereocenters. The zero-order valence-electron chi connectivity index (χ0n) is 12.9. The van der Waals surface area contributed by atoms with Gasteiger partial charge in [-0.3, -0.25) is 4.90 Å². The minimum Gasteiger partial charge on any atom is -0.396 e. The molecule has 0 amide bonds. The van der Waals surface area contributed by atoms with Gasteiger partial charge in [0.15, 0.2) is 0 Å². The smallest absolute Gasteiger partial charge is 0.0445 e. The number of piperidine rings is 1. The number of hydrogen-bond donors (Lipinski definition) is 1. The first-order valence-electron chi connectivity index (χ1n) is 9.11. The summed E-state index contributed by atoms with van der Waals surface area (Å²) in [7, 11) is 0. The molecule has 5 rings (SSSR count). The number of aliphatic hydroxyl groups excluding tert-OH is 1. The molecular weight excluding hydrogens is 246 g/mol. The molecule has 1 atom stereocenters. The summed E-state index contributed by atoms with van der Waals surface area (Å²) < 4.78 is 0. The van der Waals surface area contributed by atoms with Gasteiger partial charge in [-0.2, -0.15) is 0 Å². The van der Waals surface area contributed by atoms with Crippen LogP contribution in [0.4, 0.5) is 0 Å². The van der Waals surface area contributed by atoms with Gasteiger partial charge >= 0.3 is 0 Å². The van der Waals surface area contributed by atoms with Gasteiger partial charge in [-0.05, 0) is 87.5 Å². The lowest BCUT2D eigenvalue weighted by molar-refractivity contribution is -0.0789. The molecule has 1 N–H and O–H groups in total. The molecule has 0 spiro atoms. The Bertz CT molecular complexity index is 316. The molecule has 2 nitrogen and oxygen atoms in total. The zero-order chi connectivity index (χ0) is 13.6. The molecule has 0 aromatic heterocycles. The van der Waals surface area contributed by atoms with E-state index in [1.54, 1.807) is 19.3 Å². The second-order valence-electron chi connectivity index (χ2n) is 8.55. The number of rotatable bonds is 4. The number of likely N-dealkylation sites (tertiary alicyclic amines) is 1. The van der Waals surface area contributed by atoms with Gasteiger partial charge in [0, 0.05) is 19.2 Å².